The number of aliphatic hydroxyl groups excluding tert-OH is 1. The molecule has 0 saturated heterocycles. The number of hydrogen-bond acceptors (Lipinski definition) is 3. The van der Waals surface area contributed by atoms with Gasteiger partial charge in [-0.25, -0.2) is 0 Å². The molecule has 2 rings (SSSR count). The molecular formula is C15H22BrNO2. The van der Waals surface area contributed by atoms with Crippen LogP contribution in [0.4, 0.5) is 0 Å². The predicted octanol–water partition coefficient (Wildman–Crippen LogP) is 3.22. The molecule has 4 heteroatoms. The molecule has 106 valence electrons. The Bertz CT molecular complexity index is 438. The first kappa shape index (κ1) is 14.8. The summed E-state index contributed by atoms with van der Waals surface area (Å²) in [5.74, 6) is 0.841. The molecule has 0 aliphatic heterocycles. The highest BCUT2D eigenvalue weighted by molar-refractivity contribution is 9.10. The third-order valence-corrected chi connectivity index (χ3v) is 4.87. The van der Waals surface area contributed by atoms with Crippen LogP contribution in [0.3, 0.4) is 0 Å². The number of rotatable bonds is 5. The minimum Gasteiger partial charge on any atom is -0.496 e. The van der Waals surface area contributed by atoms with E-state index in [9.17, 15) is 5.11 Å². The summed E-state index contributed by atoms with van der Waals surface area (Å²) >= 11 is 3.55. The number of methoxy groups -OCH3 is 1. The molecule has 1 aliphatic carbocycles. The Morgan fingerprint density at radius 1 is 1.42 bits per heavy atom. The van der Waals surface area contributed by atoms with Gasteiger partial charge in [-0.1, -0.05) is 12.5 Å². The molecule has 1 aromatic carbocycles. The lowest BCUT2D eigenvalue weighted by atomic mass is 9.62. The number of benzene rings is 1. The van der Waals surface area contributed by atoms with Crippen LogP contribution >= 0.6 is 15.9 Å². The third kappa shape index (κ3) is 2.67. The van der Waals surface area contributed by atoms with Gasteiger partial charge in [0, 0.05) is 11.5 Å². The van der Waals surface area contributed by atoms with Gasteiger partial charge in [0.25, 0.3) is 0 Å². The second-order valence-corrected chi connectivity index (χ2v) is 6.49. The molecular weight excluding hydrogens is 306 g/mol. The van der Waals surface area contributed by atoms with Gasteiger partial charge in [-0.2, -0.15) is 0 Å². The van der Waals surface area contributed by atoms with Gasteiger partial charge in [0.2, 0.25) is 0 Å². The molecule has 0 spiro atoms. The quantitative estimate of drug-likeness (QED) is 0.901. The molecule has 1 N–H and O–H groups in total. The first-order chi connectivity index (χ1) is 9.04. The Kier molecular flexibility index (Phi) is 4.54. The molecule has 0 heterocycles. The molecule has 1 aliphatic rings. The van der Waals surface area contributed by atoms with Gasteiger partial charge < -0.3 is 14.7 Å². The summed E-state index contributed by atoms with van der Waals surface area (Å²) < 4.78 is 6.25. The number of nitrogens with zero attached hydrogens (tertiary/aromatic N) is 1. The number of aliphatic hydroxyl groups is 1. The van der Waals surface area contributed by atoms with Crippen molar-refractivity contribution in [2.45, 2.75) is 25.3 Å². The summed E-state index contributed by atoms with van der Waals surface area (Å²) in [6.45, 7) is 0.249. The van der Waals surface area contributed by atoms with Crippen LogP contribution in [-0.4, -0.2) is 37.8 Å². The van der Waals surface area contributed by atoms with Crippen LogP contribution in [0.25, 0.3) is 0 Å². The Hall–Kier alpha value is -0.580. The average Bonchev–Trinajstić information content (AvgIpc) is 2.33. The van der Waals surface area contributed by atoms with E-state index in [0.29, 0.717) is 0 Å². The van der Waals surface area contributed by atoms with Crippen molar-refractivity contribution < 1.29 is 9.84 Å². The van der Waals surface area contributed by atoms with Gasteiger partial charge in [0.1, 0.15) is 5.75 Å². The van der Waals surface area contributed by atoms with Gasteiger partial charge >= 0.3 is 0 Å². The highest BCUT2D eigenvalue weighted by Crippen LogP contribution is 2.52. The molecule has 1 saturated carbocycles. The first-order valence-electron chi connectivity index (χ1n) is 6.65. The van der Waals surface area contributed by atoms with Gasteiger partial charge in [0.15, 0.2) is 0 Å². The monoisotopic (exact) mass is 327 g/mol. The lowest BCUT2D eigenvalue weighted by molar-refractivity contribution is -0.0308. The van der Waals surface area contributed by atoms with E-state index in [0.717, 1.165) is 23.1 Å². The van der Waals surface area contributed by atoms with Crippen LogP contribution in [0.5, 0.6) is 5.75 Å². The Labute approximate surface area is 123 Å². The molecule has 19 heavy (non-hydrogen) atoms. The molecule has 1 unspecified atom stereocenters. The zero-order valence-corrected chi connectivity index (χ0v) is 13.4. The van der Waals surface area contributed by atoms with E-state index in [1.54, 1.807) is 7.11 Å². The normalized spacial score (nSPS) is 19.1. The molecule has 1 aromatic rings. The third-order valence-electron chi connectivity index (χ3n) is 4.25. The van der Waals surface area contributed by atoms with E-state index < -0.39 is 0 Å². The zero-order chi connectivity index (χ0) is 14.0. The van der Waals surface area contributed by atoms with Crippen molar-refractivity contribution in [3.05, 3.63) is 28.2 Å². The number of hydrogen-bond donors (Lipinski definition) is 1. The van der Waals surface area contributed by atoms with Crippen LogP contribution < -0.4 is 4.74 Å². The summed E-state index contributed by atoms with van der Waals surface area (Å²) in [7, 11) is 5.83. The second kappa shape index (κ2) is 5.81. The van der Waals surface area contributed by atoms with Crippen molar-refractivity contribution in [3.8, 4) is 5.75 Å². The highest BCUT2D eigenvalue weighted by atomic mass is 79.9. The van der Waals surface area contributed by atoms with Crippen LogP contribution in [0, 0.1) is 5.41 Å². The Morgan fingerprint density at radius 3 is 2.47 bits per heavy atom. The van der Waals surface area contributed by atoms with Gasteiger partial charge in [-0.05, 0) is 60.6 Å². The molecule has 0 amide bonds. The lowest BCUT2D eigenvalue weighted by Crippen LogP contribution is -2.45. The smallest absolute Gasteiger partial charge is 0.133 e. The summed E-state index contributed by atoms with van der Waals surface area (Å²) in [6.07, 6.45) is 3.40. The van der Waals surface area contributed by atoms with E-state index in [1.807, 2.05) is 6.07 Å². The molecule has 1 atom stereocenters. The van der Waals surface area contributed by atoms with Crippen molar-refractivity contribution in [2.24, 2.45) is 5.41 Å². The van der Waals surface area contributed by atoms with Crippen molar-refractivity contribution in [1.82, 2.24) is 4.90 Å². The highest BCUT2D eigenvalue weighted by Gasteiger charge is 2.45. The standard InChI is InChI=1S/C15H22BrNO2/c1-17(2)14(15(10-18)7-4-8-15)11-5-6-13(19-3)12(16)9-11/h5-6,9,14,18H,4,7-8,10H2,1-3H3. The minimum atomic E-state index is 0.0114. The molecule has 1 fully saturated rings. The zero-order valence-electron chi connectivity index (χ0n) is 11.8. The summed E-state index contributed by atoms with van der Waals surface area (Å²) in [5, 5.41) is 9.82. The summed E-state index contributed by atoms with van der Waals surface area (Å²) in [5.41, 5.74) is 1.24. The maximum Gasteiger partial charge on any atom is 0.133 e. The van der Waals surface area contributed by atoms with Crippen LogP contribution in [0.15, 0.2) is 22.7 Å². The maximum absolute atomic E-state index is 9.82. The largest absolute Gasteiger partial charge is 0.496 e. The lowest BCUT2D eigenvalue weighted by Gasteiger charge is -2.49. The fourth-order valence-corrected chi connectivity index (χ4v) is 3.76. The predicted molar refractivity (Wildman–Crippen MR) is 80.5 cm³/mol. The Balaban J connectivity index is 2.37. The summed E-state index contributed by atoms with van der Waals surface area (Å²) in [6, 6.07) is 6.44. The fourth-order valence-electron chi connectivity index (χ4n) is 3.20. The van der Waals surface area contributed by atoms with Gasteiger partial charge in [0.05, 0.1) is 18.2 Å². The van der Waals surface area contributed by atoms with Crippen LogP contribution in [0.1, 0.15) is 30.9 Å². The molecule has 0 bridgehead atoms. The van der Waals surface area contributed by atoms with Crippen molar-refractivity contribution in [2.75, 3.05) is 27.8 Å². The summed E-state index contributed by atoms with van der Waals surface area (Å²) in [4.78, 5) is 2.21. The van der Waals surface area contributed by atoms with E-state index >= 15 is 0 Å². The maximum atomic E-state index is 9.82. The first-order valence-corrected chi connectivity index (χ1v) is 7.44. The molecule has 0 aromatic heterocycles. The van der Waals surface area contributed by atoms with Gasteiger partial charge in [-0.3, -0.25) is 0 Å². The van der Waals surface area contributed by atoms with Crippen molar-refractivity contribution in [3.63, 3.8) is 0 Å². The van der Waals surface area contributed by atoms with Crippen LogP contribution in [-0.2, 0) is 0 Å². The van der Waals surface area contributed by atoms with E-state index in [4.69, 9.17) is 4.74 Å². The topological polar surface area (TPSA) is 32.7 Å². The van der Waals surface area contributed by atoms with Crippen molar-refractivity contribution in [1.29, 1.82) is 0 Å². The average molecular weight is 328 g/mol. The van der Waals surface area contributed by atoms with Crippen molar-refractivity contribution >= 4 is 15.9 Å². The SMILES string of the molecule is COc1ccc(C(N(C)C)C2(CO)CCC2)cc1Br. The van der Waals surface area contributed by atoms with Gasteiger partial charge in [-0.15, -0.1) is 0 Å². The van der Waals surface area contributed by atoms with E-state index in [1.165, 1.54) is 12.0 Å². The van der Waals surface area contributed by atoms with E-state index in [2.05, 4.69) is 47.1 Å². The molecule has 0 radical (unpaired) electrons. The Morgan fingerprint density at radius 2 is 2.11 bits per heavy atom. The number of ether oxygens (including phenoxy) is 1. The fraction of sp³-hybridized carbons (Fsp3) is 0.600. The minimum absolute atomic E-state index is 0.0114. The number of halogens is 1. The van der Waals surface area contributed by atoms with Crippen LogP contribution in [0.2, 0.25) is 0 Å². The van der Waals surface area contributed by atoms with E-state index in [-0.39, 0.29) is 18.1 Å². The second-order valence-electron chi connectivity index (χ2n) is 5.63. The molecule has 3 nitrogen and oxygen atoms in total.